The average molecular weight is 384 g/mol. The first-order valence-electron chi connectivity index (χ1n) is 8.88. The molecule has 2 saturated heterocycles. The minimum Gasteiger partial charge on any atom is -0.504 e. The van der Waals surface area contributed by atoms with Gasteiger partial charge in [0.25, 0.3) is 0 Å². The first kappa shape index (κ1) is 20.3. The van der Waals surface area contributed by atoms with E-state index in [9.17, 15) is 19.8 Å². The molecule has 7 nitrogen and oxygen atoms in total. The number of carbonyl (C=O) groups is 2. The number of halogens is 1. The largest absolute Gasteiger partial charge is 0.504 e. The van der Waals surface area contributed by atoms with Gasteiger partial charge in [-0.05, 0) is 56.3 Å². The molecule has 2 aliphatic heterocycles. The van der Waals surface area contributed by atoms with Gasteiger partial charge < -0.3 is 25.7 Å². The predicted molar refractivity (Wildman–Crippen MR) is 99.5 cm³/mol. The fraction of sp³-hybridized carbons (Fsp3) is 0.556. The Hall–Kier alpha value is -1.99. The van der Waals surface area contributed by atoms with Crippen LogP contribution in [0.5, 0.6) is 11.5 Å². The van der Waals surface area contributed by atoms with Gasteiger partial charge in [0.2, 0.25) is 11.8 Å². The molecule has 4 N–H and O–H groups in total. The highest BCUT2D eigenvalue weighted by molar-refractivity contribution is 5.90. The molecule has 0 saturated carbocycles. The molecule has 2 heterocycles. The quantitative estimate of drug-likeness (QED) is 0.566. The molecule has 2 aliphatic rings. The van der Waals surface area contributed by atoms with Gasteiger partial charge in [-0.25, -0.2) is 0 Å². The van der Waals surface area contributed by atoms with Crippen molar-refractivity contribution in [2.24, 2.45) is 0 Å². The Morgan fingerprint density at radius 1 is 1.19 bits per heavy atom. The van der Waals surface area contributed by atoms with Gasteiger partial charge in [0.15, 0.2) is 11.5 Å². The van der Waals surface area contributed by atoms with Gasteiger partial charge in [-0.3, -0.25) is 9.59 Å². The SMILES string of the molecule is Cl.O=C(NCCc1ccc(O)c(O)c1)C1CCCN1C(=O)C1CCCN1. The molecule has 26 heavy (non-hydrogen) atoms. The van der Waals surface area contributed by atoms with Gasteiger partial charge in [-0.1, -0.05) is 6.07 Å². The summed E-state index contributed by atoms with van der Waals surface area (Å²) < 4.78 is 0. The lowest BCUT2D eigenvalue weighted by Crippen LogP contribution is -2.51. The molecule has 3 rings (SSSR count). The maximum atomic E-state index is 12.6. The Bertz CT molecular complexity index is 649. The van der Waals surface area contributed by atoms with E-state index in [0.29, 0.717) is 25.9 Å². The Balaban J connectivity index is 0.00000243. The smallest absolute Gasteiger partial charge is 0.242 e. The van der Waals surface area contributed by atoms with Gasteiger partial charge in [0, 0.05) is 13.1 Å². The Labute approximate surface area is 159 Å². The number of rotatable bonds is 5. The van der Waals surface area contributed by atoms with Crippen molar-refractivity contribution in [2.75, 3.05) is 19.6 Å². The molecule has 2 atom stereocenters. The van der Waals surface area contributed by atoms with Crippen molar-refractivity contribution in [2.45, 2.75) is 44.2 Å². The second-order valence-corrected chi connectivity index (χ2v) is 6.70. The van der Waals surface area contributed by atoms with E-state index < -0.39 is 0 Å². The van der Waals surface area contributed by atoms with Crippen LogP contribution in [0.15, 0.2) is 18.2 Å². The van der Waals surface area contributed by atoms with Crippen molar-refractivity contribution < 1.29 is 19.8 Å². The number of phenolic OH excluding ortho intramolecular Hbond substituents is 2. The van der Waals surface area contributed by atoms with Crippen LogP contribution in [-0.4, -0.2) is 58.6 Å². The number of carbonyl (C=O) groups excluding carboxylic acids is 2. The molecule has 0 bridgehead atoms. The minimum absolute atomic E-state index is 0. The monoisotopic (exact) mass is 383 g/mol. The zero-order valence-corrected chi connectivity index (χ0v) is 15.4. The topological polar surface area (TPSA) is 102 Å². The number of nitrogens with one attached hydrogen (secondary N) is 2. The average Bonchev–Trinajstić information content (AvgIpc) is 3.28. The van der Waals surface area contributed by atoms with E-state index in [0.717, 1.165) is 31.4 Å². The summed E-state index contributed by atoms with van der Waals surface area (Å²) in [5.41, 5.74) is 0.824. The van der Waals surface area contributed by atoms with Crippen LogP contribution >= 0.6 is 12.4 Å². The summed E-state index contributed by atoms with van der Waals surface area (Å²) in [5.74, 6) is -0.403. The summed E-state index contributed by atoms with van der Waals surface area (Å²) in [6.07, 6.45) is 3.94. The molecule has 2 amide bonds. The third-order valence-electron chi connectivity index (χ3n) is 4.95. The van der Waals surface area contributed by atoms with Crippen LogP contribution in [0.2, 0.25) is 0 Å². The van der Waals surface area contributed by atoms with Crippen molar-refractivity contribution in [3.05, 3.63) is 23.8 Å². The molecule has 0 aromatic heterocycles. The highest BCUT2D eigenvalue weighted by Crippen LogP contribution is 2.25. The highest BCUT2D eigenvalue weighted by atomic mass is 35.5. The second-order valence-electron chi connectivity index (χ2n) is 6.70. The van der Waals surface area contributed by atoms with Crippen LogP contribution in [0, 0.1) is 0 Å². The van der Waals surface area contributed by atoms with Crippen molar-refractivity contribution in [1.29, 1.82) is 0 Å². The van der Waals surface area contributed by atoms with E-state index in [1.165, 1.54) is 12.1 Å². The summed E-state index contributed by atoms with van der Waals surface area (Å²) in [6, 6.07) is 4.09. The molecular weight excluding hydrogens is 358 g/mol. The first-order valence-corrected chi connectivity index (χ1v) is 8.88. The molecule has 0 spiro atoms. The number of hydrogen-bond acceptors (Lipinski definition) is 5. The summed E-state index contributed by atoms with van der Waals surface area (Å²) in [5, 5.41) is 24.9. The van der Waals surface area contributed by atoms with Crippen LogP contribution in [-0.2, 0) is 16.0 Å². The lowest BCUT2D eigenvalue weighted by atomic mass is 10.1. The molecule has 1 aromatic carbocycles. The van der Waals surface area contributed by atoms with Gasteiger partial charge >= 0.3 is 0 Å². The van der Waals surface area contributed by atoms with Gasteiger partial charge in [-0.2, -0.15) is 0 Å². The van der Waals surface area contributed by atoms with Crippen molar-refractivity contribution in [3.63, 3.8) is 0 Å². The summed E-state index contributed by atoms with van der Waals surface area (Å²) in [7, 11) is 0. The van der Waals surface area contributed by atoms with Gasteiger partial charge in [0.05, 0.1) is 6.04 Å². The second kappa shape index (κ2) is 9.09. The summed E-state index contributed by atoms with van der Waals surface area (Å²) in [6.45, 7) is 1.92. The summed E-state index contributed by atoms with van der Waals surface area (Å²) in [4.78, 5) is 26.7. The highest BCUT2D eigenvalue weighted by Gasteiger charge is 2.37. The Morgan fingerprint density at radius 3 is 2.69 bits per heavy atom. The number of amides is 2. The molecular formula is C18H26ClN3O4. The van der Waals surface area contributed by atoms with Crippen LogP contribution in [0.25, 0.3) is 0 Å². The van der Waals surface area contributed by atoms with E-state index in [4.69, 9.17) is 0 Å². The van der Waals surface area contributed by atoms with Crippen LogP contribution in [0.3, 0.4) is 0 Å². The zero-order valence-electron chi connectivity index (χ0n) is 14.6. The van der Waals surface area contributed by atoms with Crippen LogP contribution < -0.4 is 10.6 Å². The van der Waals surface area contributed by atoms with E-state index >= 15 is 0 Å². The van der Waals surface area contributed by atoms with Gasteiger partial charge in [-0.15, -0.1) is 12.4 Å². The maximum absolute atomic E-state index is 12.6. The first-order chi connectivity index (χ1) is 12.1. The fourth-order valence-corrected chi connectivity index (χ4v) is 3.57. The number of likely N-dealkylation sites (tertiary alicyclic amines) is 1. The number of hydrogen-bond donors (Lipinski definition) is 4. The van der Waals surface area contributed by atoms with E-state index in [-0.39, 0.29) is 47.8 Å². The zero-order chi connectivity index (χ0) is 17.8. The van der Waals surface area contributed by atoms with Crippen LogP contribution in [0.4, 0.5) is 0 Å². The molecule has 0 aliphatic carbocycles. The van der Waals surface area contributed by atoms with E-state index in [1.807, 2.05) is 0 Å². The van der Waals surface area contributed by atoms with E-state index in [1.54, 1.807) is 11.0 Å². The molecule has 0 radical (unpaired) electrons. The minimum atomic E-state index is -0.386. The van der Waals surface area contributed by atoms with Crippen molar-refractivity contribution in [3.8, 4) is 11.5 Å². The third-order valence-corrected chi connectivity index (χ3v) is 4.95. The molecule has 1 aromatic rings. The lowest BCUT2D eigenvalue weighted by molar-refractivity contribution is -0.139. The van der Waals surface area contributed by atoms with Gasteiger partial charge in [0.1, 0.15) is 6.04 Å². The lowest BCUT2D eigenvalue weighted by Gasteiger charge is -2.26. The third kappa shape index (κ3) is 4.59. The van der Waals surface area contributed by atoms with E-state index in [2.05, 4.69) is 10.6 Å². The predicted octanol–water partition coefficient (Wildman–Crippen LogP) is 0.921. The molecule has 2 fully saturated rings. The molecule has 2 unspecified atom stereocenters. The fourth-order valence-electron chi connectivity index (χ4n) is 3.57. The maximum Gasteiger partial charge on any atom is 0.242 e. The summed E-state index contributed by atoms with van der Waals surface area (Å²) >= 11 is 0. The number of benzene rings is 1. The van der Waals surface area contributed by atoms with Crippen molar-refractivity contribution >= 4 is 24.2 Å². The Kier molecular flexibility index (Phi) is 7.11. The Morgan fingerprint density at radius 2 is 2.00 bits per heavy atom. The molecule has 8 heteroatoms. The van der Waals surface area contributed by atoms with Crippen molar-refractivity contribution in [1.82, 2.24) is 15.5 Å². The normalized spacial score (nSPS) is 22.1. The number of phenols is 2. The number of aromatic hydroxyl groups is 2. The molecule has 144 valence electrons. The number of nitrogens with zero attached hydrogens (tertiary/aromatic N) is 1. The standard InChI is InChI=1S/C18H25N3O4.ClH/c22-15-6-5-12(11-16(15)23)7-9-20-17(24)14-4-2-10-21(14)18(25)13-3-1-8-19-13;/h5-6,11,13-14,19,22-23H,1-4,7-10H2,(H,20,24);1H. The van der Waals surface area contributed by atoms with Crippen LogP contribution in [0.1, 0.15) is 31.2 Å².